The second-order valence-electron chi connectivity index (χ2n) is 6.70. The molecule has 0 bridgehead atoms. The van der Waals surface area contributed by atoms with Crippen LogP contribution in [0.2, 0.25) is 0 Å². The molecule has 0 atom stereocenters. The van der Waals surface area contributed by atoms with Crippen LogP contribution < -0.4 is 11.1 Å². The number of nitrogens with one attached hydrogen (secondary N) is 1. The van der Waals surface area contributed by atoms with Crippen molar-refractivity contribution in [1.82, 2.24) is 5.32 Å². The molecule has 2 saturated carbocycles. The summed E-state index contributed by atoms with van der Waals surface area (Å²) in [6.07, 6.45) is 11.8. The first-order chi connectivity index (χ1) is 10.2. The van der Waals surface area contributed by atoms with E-state index < -0.39 is 5.41 Å². The van der Waals surface area contributed by atoms with Gasteiger partial charge >= 0.3 is 0 Å². The molecule has 5 heteroatoms. The Balaban J connectivity index is 1.99. The Morgan fingerprint density at radius 1 is 1.10 bits per heavy atom. The third kappa shape index (κ3) is 3.89. The number of carbonyl (C=O) groups is 1. The molecular weight excluding hydrogens is 266 g/mol. The summed E-state index contributed by atoms with van der Waals surface area (Å²) < 4.78 is 0. The molecule has 1 amide bonds. The Labute approximate surface area is 127 Å². The van der Waals surface area contributed by atoms with Crippen molar-refractivity contribution in [3.05, 3.63) is 0 Å². The van der Waals surface area contributed by atoms with Gasteiger partial charge in [-0.25, -0.2) is 0 Å². The lowest BCUT2D eigenvalue weighted by Gasteiger charge is -2.31. The highest BCUT2D eigenvalue weighted by molar-refractivity contribution is 6.06. The number of hydrogen-bond donors (Lipinski definition) is 3. The fraction of sp³-hybridized carbons (Fsp3) is 0.875. The Morgan fingerprint density at radius 2 is 1.67 bits per heavy atom. The number of oxime groups is 1. The molecule has 0 aromatic rings. The summed E-state index contributed by atoms with van der Waals surface area (Å²) in [5.74, 6) is 0.647. The van der Waals surface area contributed by atoms with Gasteiger partial charge < -0.3 is 16.3 Å². The lowest BCUT2D eigenvalue weighted by atomic mass is 9.78. The largest absolute Gasteiger partial charge is 0.409 e. The van der Waals surface area contributed by atoms with E-state index >= 15 is 0 Å². The Morgan fingerprint density at radius 3 is 2.24 bits per heavy atom. The summed E-state index contributed by atoms with van der Waals surface area (Å²) in [5.41, 5.74) is 5.11. The van der Waals surface area contributed by atoms with Crippen LogP contribution in [-0.4, -0.2) is 23.5 Å². The van der Waals surface area contributed by atoms with E-state index in [0.717, 1.165) is 32.2 Å². The van der Waals surface area contributed by atoms with Crippen molar-refractivity contribution in [2.45, 2.75) is 70.6 Å². The molecule has 0 spiro atoms. The quantitative estimate of drug-likeness (QED) is 0.245. The lowest BCUT2D eigenvalue weighted by Crippen LogP contribution is -2.50. The molecule has 0 aromatic carbocycles. The monoisotopic (exact) mass is 295 g/mol. The zero-order valence-corrected chi connectivity index (χ0v) is 12.9. The SMILES string of the molecule is NC(=NO)C1(C(=O)NCC2CCCCC2)CCCCCC1. The van der Waals surface area contributed by atoms with E-state index in [-0.39, 0.29) is 11.7 Å². The highest BCUT2D eigenvalue weighted by Gasteiger charge is 2.43. The average Bonchev–Trinajstić information content (AvgIpc) is 2.79. The number of nitrogens with two attached hydrogens (primary N) is 1. The molecule has 120 valence electrons. The first-order valence-corrected chi connectivity index (χ1v) is 8.45. The first kappa shape index (κ1) is 16.1. The second kappa shape index (κ2) is 7.66. The van der Waals surface area contributed by atoms with Gasteiger partial charge in [-0.3, -0.25) is 4.79 Å². The summed E-state index contributed by atoms with van der Waals surface area (Å²) in [5, 5.41) is 15.4. The van der Waals surface area contributed by atoms with Gasteiger partial charge in [-0.15, -0.1) is 0 Å². The molecule has 2 fully saturated rings. The van der Waals surface area contributed by atoms with E-state index in [1.54, 1.807) is 0 Å². The number of amides is 1. The van der Waals surface area contributed by atoms with Crippen LogP contribution in [0.3, 0.4) is 0 Å². The fourth-order valence-electron chi connectivity index (χ4n) is 3.82. The van der Waals surface area contributed by atoms with Crippen LogP contribution in [0, 0.1) is 11.3 Å². The number of nitrogens with zero attached hydrogens (tertiary/aromatic N) is 1. The van der Waals surface area contributed by atoms with Crippen molar-refractivity contribution in [3.8, 4) is 0 Å². The predicted molar refractivity (Wildman–Crippen MR) is 83.1 cm³/mol. The highest BCUT2D eigenvalue weighted by Crippen LogP contribution is 2.36. The zero-order chi connectivity index (χ0) is 15.1. The van der Waals surface area contributed by atoms with Crippen LogP contribution in [0.25, 0.3) is 0 Å². The maximum absolute atomic E-state index is 12.7. The number of rotatable bonds is 4. The van der Waals surface area contributed by atoms with Gasteiger partial charge in [0.1, 0.15) is 5.41 Å². The first-order valence-electron chi connectivity index (χ1n) is 8.45. The average molecular weight is 295 g/mol. The second-order valence-corrected chi connectivity index (χ2v) is 6.70. The van der Waals surface area contributed by atoms with Gasteiger partial charge in [0, 0.05) is 6.54 Å². The van der Waals surface area contributed by atoms with Gasteiger partial charge in [-0.1, -0.05) is 50.1 Å². The molecular formula is C16H29N3O2. The maximum Gasteiger partial charge on any atom is 0.233 e. The van der Waals surface area contributed by atoms with Crippen molar-refractivity contribution >= 4 is 11.7 Å². The van der Waals surface area contributed by atoms with Crippen molar-refractivity contribution in [2.75, 3.05) is 6.54 Å². The Kier molecular flexibility index (Phi) is 5.88. The molecule has 5 nitrogen and oxygen atoms in total. The van der Waals surface area contributed by atoms with E-state index in [9.17, 15) is 4.79 Å². The molecule has 0 saturated heterocycles. The molecule has 21 heavy (non-hydrogen) atoms. The Hall–Kier alpha value is -1.26. The highest BCUT2D eigenvalue weighted by atomic mass is 16.4. The topological polar surface area (TPSA) is 87.7 Å². The van der Waals surface area contributed by atoms with Crippen LogP contribution in [0.1, 0.15) is 70.6 Å². The minimum absolute atomic E-state index is 0.0368. The van der Waals surface area contributed by atoms with Crippen molar-refractivity contribution in [1.29, 1.82) is 0 Å². The van der Waals surface area contributed by atoms with Crippen LogP contribution in [0.15, 0.2) is 5.16 Å². The Bertz CT molecular complexity index is 368. The summed E-state index contributed by atoms with van der Waals surface area (Å²) in [4.78, 5) is 12.7. The van der Waals surface area contributed by atoms with Crippen LogP contribution in [-0.2, 0) is 4.79 Å². The van der Waals surface area contributed by atoms with E-state index in [2.05, 4.69) is 10.5 Å². The van der Waals surface area contributed by atoms with Crippen LogP contribution in [0.4, 0.5) is 0 Å². The van der Waals surface area contributed by atoms with Gasteiger partial charge in [-0.2, -0.15) is 0 Å². The molecule has 0 radical (unpaired) electrons. The van der Waals surface area contributed by atoms with Gasteiger partial charge in [0.2, 0.25) is 5.91 Å². The van der Waals surface area contributed by atoms with E-state index in [4.69, 9.17) is 10.9 Å². The molecule has 0 aromatic heterocycles. The van der Waals surface area contributed by atoms with Crippen LogP contribution >= 0.6 is 0 Å². The van der Waals surface area contributed by atoms with E-state index in [1.807, 2.05) is 0 Å². The smallest absolute Gasteiger partial charge is 0.233 e. The standard InChI is InChI=1S/C16H29N3O2/c17-14(19-21)16(10-6-1-2-7-11-16)15(20)18-12-13-8-4-3-5-9-13/h13,21H,1-12H2,(H2,17,19)(H,18,20). The molecule has 0 unspecified atom stereocenters. The van der Waals surface area contributed by atoms with E-state index in [1.165, 1.54) is 32.1 Å². The van der Waals surface area contributed by atoms with Crippen molar-refractivity contribution in [2.24, 2.45) is 22.2 Å². The van der Waals surface area contributed by atoms with Gasteiger partial charge in [0.05, 0.1) is 0 Å². The number of hydrogen-bond acceptors (Lipinski definition) is 3. The van der Waals surface area contributed by atoms with Gasteiger partial charge in [-0.05, 0) is 31.6 Å². The van der Waals surface area contributed by atoms with Crippen molar-refractivity contribution < 1.29 is 10.0 Å². The fourth-order valence-corrected chi connectivity index (χ4v) is 3.82. The van der Waals surface area contributed by atoms with Crippen molar-refractivity contribution in [3.63, 3.8) is 0 Å². The summed E-state index contributed by atoms with van der Waals surface area (Å²) in [7, 11) is 0. The maximum atomic E-state index is 12.7. The van der Waals surface area contributed by atoms with Crippen LogP contribution in [0.5, 0.6) is 0 Å². The lowest BCUT2D eigenvalue weighted by molar-refractivity contribution is -0.128. The molecule has 4 N–H and O–H groups in total. The third-order valence-electron chi connectivity index (χ3n) is 5.27. The van der Waals surface area contributed by atoms with Gasteiger partial charge in [0.25, 0.3) is 0 Å². The molecule has 0 aliphatic heterocycles. The predicted octanol–water partition coefficient (Wildman–Crippen LogP) is 2.77. The number of carbonyl (C=O) groups excluding carboxylic acids is 1. The third-order valence-corrected chi connectivity index (χ3v) is 5.27. The molecule has 2 rings (SSSR count). The minimum atomic E-state index is -0.792. The summed E-state index contributed by atoms with van der Waals surface area (Å²) in [6.45, 7) is 0.735. The molecule has 2 aliphatic rings. The normalized spacial score (nSPS) is 24.3. The number of amidine groups is 1. The molecule has 2 aliphatic carbocycles. The zero-order valence-electron chi connectivity index (χ0n) is 12.9. The summed E-state index contributed by atoms with van der Waals surface area (Å²) >= 11 is 0. The summed E-state index contributed by atoms with van der Waals surface area (Å²) in [6, 6.07) is 0. The molecule has 0 heterocycles. The van der Waals surface area contributed by atoms with Gasteiger partial charge in [0.15, 0.2) is 5.84 Å². The van der Waals surface area contributed by atoms with E-state index in [0.29, 0.717) is 18.8 Å². The minimum Gasteiger partial charge on any atom is -0.409 e.